The average molecular weight is 510 g/mol. The number of nitrogens with zero attached hydrogens (tertiary/aromatic N) is 3. The van der Waals surface area contributed by atoms with E-state index in [1.54, 1.807) is 6.07 Å². The number of benzene rings is 2. The third-order valence-corrected chi connectivity index (χ3v) is 8.41. The van der Waals surface area contributed by atoms with Gasteiger partial charge in [-0.05, 0) is 79.9 Å². The summed E-state index contributed by atoms with van der Waals surface area (Å²) in [6, 6.07) is 13.8. The molecule has 6 nitrogen and oxygen atoms in total. The van der Waals surface area contributed by atoms with Gasteiger partial charge in [0.15, 0.2) is 6.61 Å². The molecule has 5 rings (SSSR count). The average Bonchev–Trinajstić information content (AvgIpc) is 2.91. The van der Waals surface area contributed by atoms with Crippen LogP contribution in [0.3, 0.4) is 0 Å². The number of halogens is 1. The van der Waals surface area contributed by atoms with Crippen molar-refractivity contribution in [3.63, 3.8) is 0 Å². The molecule has 2 aromatic rings. The maximum absolute atomic E-state index is 14.9. The fourth-order valence-corrected chi connectivity index (χ4v) is 6.15. The van der Waals surface area contributed by atoms with Gasteiger partial charge in [0.2, 0.25) is 0 Å². The standard InChI is InChI=1S/C30H40FN3O3/c1-32-23-30(11-5-4-7-25-6-2-3-8-28(25)37-22-29(32)35)12-14-33(15-13-30)21-24-9-10-27(26(31)20-24)34-16-18-36-19-17-34/h2-3,6,8-10,20H,4-5,7,11-19,21-23H2,1H3. The number of hydrogen-bond donors (Lipinski definition) is 0. The highest BCUT2D eigenvalue weighted by Gasteiger charge is 2.36. The molecule has 2 fully saturated rings. The van der Waals surface area contributed by atoms with Gasteiger partial charge in [-0.15, -0.1) is 0 Å². The highest BCUT2D eigenvalue weighted by Crippen LogP contribution is 2.38. The Kier molecular flexibility index (Phi) is 8.30. The molecule has 200 valence electrons. The quantitative estimate of drug-likeness (QED) is 0.609. The smallest absolute Gasteiger partial charge is 0.260 e. The van der Waals surface area contributed by atoms with Crippen LogP contribution in [0, 0.1) is 11.2 Å². The fourth-order valence-electron chi connectivity index (χ4n) is 6.15. The summed E-state index contributed by atoms with van der Waals surface area (Å²) in [7, 11) is 1.91. The molecule has 0 radical (unpaired) electrons. The van der Waals surface area contributed by atoms with E-state index in [0.717, 1.165) is 89.1 Å². The number of ether oxygens (including phenoxy) is 2. The Morgan fingerprint density at radius 2 is 1.76 bits per heavy atom. The van der Waals surface area contributed by atoms with Crippen LogP contribution >= 0.6 is 0 Å². The Labute approximate surface area is 220 Å². The van der Waals surface area contributed by atoms with Gasteiger partial charge in [-0.2, -0.15) is 0 Å². The van der Waals surface area contributed by atoms with Crippen LogP contribution in [0.25, 0.3) is 0 Å². The van der Waals surface area contributed by atoms with Crippen molar-refractivity contribution in [1.29, 1.82) is 0 Å². The van der Waals surface area contributed by atoms with Crippen LogP contribution in [0.4, 0.5) is 10.1 Å². The summed E-state index contributed by atoms with van der Waals surface area (Å²) in [4.78, 5) is 19.3. The third-order valence-electron chi connectivity index (χ3n) is 8.41. The van der Waals surface area contributed by atoms with E-state index in [2.05, 4.69) is 21.9 Å². The Morgan fingerprint density at radius 3 is 2.54 bits per heavy atom. The molecule has 37 heavy (non-hydrogen) atoms. The second-order valence-electron chi connectivity index (χ2n) is 11.0. The van der Waals surface area contributed by atoms with Crippen molar-refractivity contribution in [2.24, 2.45) is 5.41 Å². The predicted octanol–water partition coefficient (Wildman–Crippen LogP) is 4.51. The summed E-state index contributed by atoms with van der Waals surface area (Å²) in [5.41, 5.74) is 3.02. The van der Waals surface area contributed by atoms with E-state index in [1.165, 1.54) is 5.56 Å². The number of piperidine rings is 1. The first kappa shape index (κ1) is 26.0. The number of amides is 1. The molecule has 2 saturated heterocycles. The SMILES string of the molecule is CN1CC2(CCCCc3ccccc3OCC1=O)CCN(Cc1ccc(N3CCOCC3)c(F)c1)CC2. The summed E-state index contributed by atoms with van der Waals surface area (Å²) in [5.74, 6) is 0.728. The Balaban J connectivity index is 1.20. The molecular formula is C30H40FN3O3. The third kappa shape index (κ3) is 6.44. The largest absolute Gasteiger partial charge is 0.483 e. The molecule has 0 aromatic heterocycles. The summed E-state index contributed by atoms with van der Waals surface area (Å²) >= 11 is 0. The van der Waals surface area contributed by atoms with Gasteiger partial charge in [0.25, 0.3) is 5.91 Å². The zero-order valence-electron chi connectivity index (χ0n) is 22.1. The predicted molar refractivity (Wildman–Crippen MR) is 144 cm³/mol. The Morgan fingerprint density at radius 1 is 0.973 bits per heavy atom. The number of fused-ring (bicyclic) bond motifs is 1. The number of aryl methyl sites for hydroxylation is 1. The zero-order valence-corrected chi connectivity index (χ0v) is 22.1. The van der Waals surface area contributed by atoms with Gasteiger partial charge in [0, 0.05) is 33.2 Å². The van der Waals surface area contributed by atoms with E-state index in [4.69, 9.17) is 9.47 Å². The van der Waals surface area contributed by atoms with Crippen LogP contribution in [0.2, 0.25) is 0 Å². The molecule has 0 unspecified atom stereocenters. The number of hydrogen-bond acceptors (Lipinski definition) is 5. The Bertz CT molecular complexity index is 1060. The maximum atomic E-state index is 14.9. The fraction of sp³-hybridized carbons (Fsp3) is 0.567. The molecular weight excluding hydrogens is 469 g/mol. The molecule has 3 aliphatic heterocycles. The lowest BCUT2D eigenvalue weighted by Crippen LogP contribution is -2.47. The van der Waals surface area contributed by atoms with Crippen LogP contribution in [-0.2, 0) is 22.5 Å². The summed E-state index contributed by atoms with van der Waals surface area (Å²) < 4.78 is 26.2. The number of carbonyl (C=O) groups excluding carboxylic acids is 1. The number of rotatable bonds is 3. The first-order valence-electron chi connectivity index (χ1n) is 13.8. The van der Waals surface area contributed by atoms with Crippen molar-refractivity contribution in [3.05, 3.63) is 59.4 Å². The minimum Gasteiger partial charge on any atom is -0.483 e. The van der Waals surface area contributed by atoms with Crippen LogP contribution in [0.15, 0.2) is 42.5 Å². The van der Waals surface area contributed by atoms with Crippen LogP contribution in [0.5, 0.6) is 5.75 Å². The summed E-state index contributed by atoms with van der Waals surface area (Å²) in [6.07, 6.45) is 6.48. The number of likely N-dealkylation sites (tertiary alicyclic amines) is 1. The van der Waals surface area contributed by atoms with Gasteiger partial charge >= 0.3 is 0 Å². The Hall–Kier alpha value is -2.64. The van der Waals surface area contributed by atoms with Crippen molar-refractivity contribution in [2.75, 3.05) is 64.5 Å². The van der Waals surface area contributed by atoms with Crippen LogP contribution < -0.4 is 9.64 Å². The second kappa shape index (κ2) is 11.8. The maximum Gasteiger partial charge on any atom is 0.260 e. The molecule has 3 heterocycles. The molecule has 0 saturated carbocycles. The molecule has 1 spiro atoms. The van der Waals surface area contributed by atoms with Crippen LogP contribution in [0.1, 0.15) is 43.2 Å². The van der Waals surface area contributed by atoms with Gasteiger partial charge in [0.1, 0.15) is 11.6 Å². The van der Waals surface area contributed by atoms with E-state index in [1.807, 2.05) is 36.2 Å². The molecule has 2 aromatic carbocycles. The van der Waals surface area contributed by atoms with Crippen LogP contribution in [-0.4, -0.2) is 75.3 Å². The first-order valence-corrected chi connectivity index (χ1v) is 13.8. The lowest BCUT2D eigenvalue weighted by Gasteiger charge is -2.44. The van der Waals surface area contributed by atoms with Crippen molar-refractivity contribution in [2.45, 2.75) is 45.1 Å². The molecule has 0 bridgehead atoms. The number of likely N-dealkylation sites (N-methyl/N-ethyl adjacent to an activating group) is 1. The summed E-state index contributed by atoms with van der Waals surface area (Å²) in [5, 5.41) is 0. The molecule has 7 heteroatoms. The van der Waals surface area contributed by atoms with Crippen molar-refractivity contribution >= 4 is 11.6 Å². The van der Waals surface area contributed by atoms with Gasteiger partial charge < -0.3 is 19.3 Å². The lowest BCUT2D eigenvalue weighted by atomic mass is 9.73. The minimum absolute atomic E-state index is 0.0352. The molecule has 1 amide bonds. The van der Waals surface area contributed by atoms with E-state index in [-0.39, 0.29) is 23.7 Å². The monoisotopic (exact) mass is 509 g/mol. The zero-order chi connectivity index (χ0) is 25.7. The minimum atomic E-state index is -0.142. The van der Waals surface area contributed by atoms with Gasteiger partial charge in [-0.25, -0.2) is 4.39 Å². The lowest BCUT2D eigenvalue weighted by molar-refractivity contribution is -0.134. The van der Waals surface area contributed by atoms with Gasteiger partial charge in [-0.1, -0.05) is 30.7 Å². The van der Waals surface area contributed by atoms with E-state index >= 15 is 0 Å². The molecule has 0 atom stereocenters. The van der Waals surface area contributed by atoms with Gasteiger partial charge in [0.05, 0.1) is 18.9 Å². The van der Waals surface area contributed by atoms with E-state index in [0.29, 0.717) is 18.9 Å². The second-order valence-corrected chi connectivity index (χ2v) is 11.0. The molecule has 0 N–H and O–H groups in total. The molecule has 3 aliphatic rings. The van der Waals surface area contributed by atoms with E-state index < -0.39 is 0 Å². The van der Waals surface area contributed by atoms with Gasteiger partial charge in [-0.3, -0.25) is 9.69 Å². The topological polar surface area (TPSA) is 45.2 Å². The van der Waals surface area contributed by atoms with Crippen molar-refractivity contribution in [3.8, 4) is 5.75 Å². The highest BCUT2D eigenvalue weighted by atomic mass is 19.1. The number of para-hydroxylation sites is 1. The number of anilines is 1. The van der Waals surface area contributed by atoms with Crippen molar-refractivity contribution in [1.82, 2.24) is 9.80 Å². The molecule has 0 aliphatic carbocycles. The number of carbonyl (C=O) groups is 1. The summed E-state index contributed by atoms with van der Waals surface area (Å²) in [6.45, 7) is 6.32. The first-order chi connectivity index (χ1) is 18.0. The van der Waals surface area contributed by atoms with Crippen molar-refractivity contribution < 1.29 is 18.7 Å². The van der Waals surface area contributed by atoms with E-state index in [9.17, 15) is 9.18 Å². The normalized spacial score (nSPS) is 21.6. The highest BCUT2D eigenvalue weighted by molar-refractivity contribution is 5.77. The number of morpholine rings is 1.